The molecule has 1 saturated carbocycles. The van der Waals surface area contributed by atoms with Crippen molar-refractivity contribution in [2.24, 2.45) is 10.9 Å². The number of hydrogen-bond donors (Lipinski definition) is 3. The number of benzene rings is 1. The Labute approximate surface area is 123 Å². The predicted molar refractivity (Wildman–Crippen MR) is 80.6 cm³/mol. The zero-order chi connectivity index (χ0) is 14.7. The molecule has 1 aliphatic carbocycles. The topological polar surface area (TPSA) is 82.1 Å². The van der Waals surface area contributed by atoms with Crippen LogP contribution in [0.5, 0.6) is 0 Å². The van der Waals surface area contributed by atoms with Crippen molar-refractivity contribution in [1.82, 2.24) is 0 Å². The number of aliphatic hydroxyl groups excluding tert-OH is 1. The Hall–Kier alpha value is -1.46. The molecule has 0 bridgehead atoms. The standard InChI is InChI=1S/C14H20ClN3O2/c1-18(12-4-2-3-5-13(12)19)11-7-6-9(8-10(11)15)14(16)17-20/h6-8,12-13,19-20H,2-5H2,1H3,(H2,16,17). The quantitative estimate of drug-likeness (QED) is 0.346. The fraction of sp³-hybridized carbons (Fsp3) is 0.500. The van der Waals surface area contributed by atoms with Gasteiger partial charge in [-0.3, -0.25) is 0 Å². The molecule has 0 radical (unpaired) electrons. The first-order valence-electron chi connectivity index (χ1n) is 6.73. The van der Waals surface area contributed by atoms with Gasteiger partial charge in [0.2, 0.25) is 0 Å². The number of halogens is 1. The van der Waals surface area contributed by atoms with Gasteiger partial charge in [0.15, 0.2) is 5.84 Å². The highest BCUT2D eigenvalue weighted by Crippen LogP contribution is 2.31. The molecule has 1 aromatic carbocycles. The Morgan fingerprint density at radius 3 is 2.70 bits per heavy atom. The molecule has 20 heavy (non-hydrogen) atoms. The van der Waals surface area contributed by atoms with Crippen LogP contribution in [0, 0.1) is 0 Å². The van der Waals surface area contributed by atoms with Gasteiger partial charge in [0.05, 0.1) is 22.9 Å². The van der Waals surface area contributed by atoms with Crippen LogP contribution >= 0.6 is 11.6 Å². The van der Waals surface area contributed by atoms with E-state index in [0.29, 0.717) is 10.6 Å². The minimum absolute atomic E-state index is 0.0267. The van der Waals surface area contributed by atoms with Crippen molar-refractivity contribution in [2.45, 2.75) is 37.8 Å². The van der Waals surface area contributed by atoms with E-state index in [4.69, 9.17) is 22.5 Å². The summed E-state index contributed by atoms with van der Waals surface area (Å²) in [6, 6.07) is 5.33. The number of hydrogen-bond acceptors (Lipinski definition) is 4. The fourth-order valence-electron chi connectivity index (χ4n) is 2.73. The van der Waals surface area contributed by atoms with Gasteiger partial charge in [-0.25, -0.2) is 0 Å². The van der Waals surface area contributed by atoms with Crippen molar-refractivity contribution in [3.8, 4) is 0 Å². The lowest BCUT2D eigenvalue weighted by molar-refractivity contribution is 0.106. The number of oxime groups is 1. The Balaban J connectivity index is 2.24. The number of amidine groups is 1. The summed E-state index contributed by atoms with van der Waals surface area (Å²) in [5.74, 6) is 0.0267. The van der Waals surface area contributed by atoms with Crippen molar-refractivity contribution in [3.63, 3.8) is 0 Å². The van der Waals surface area contributed by atoms with E-state index in [1.807, 2.05) is 18.0 Å². The van der Waals surface area contributed by atoms with Crippen LogP contribution in [0.4, 0.5) is 5.69 Å². The van der Waals surface area contributed by atoms with Crippen molar-refractivity contribution in [1.29, 1.82) is 0 Å². The van der Waals surface area contributed by atoms with E-state index in [-0.39, 0.29) is 18.0 Å². The van der Waals surface area contributed by atoms with Crippen LogP contribution in [0.3, 0.4) is 0 Å². The van der Waals surface area contributed by atoms with Gasteiger partial charge in [0.1, 0.15) is 0 Å². The summed E-state index contributed by atoms with van der Waals surface area (Å²) in [6.07, 6.45) is 3.65. The highest BCUT2D eigenvalue weighted by atomic mass is 35.5. The highest BCUT2D eigenvalue weighted by Gasteiger charge is 2.27. The molecule has 1 aliphatic rings. The molecule has 1 aromatic rings. The summed E-state index contributed by atoms with van der Waals surface area (Å²) >= 11 is 6.28. The molecule has 0 heterocycles. The monoisotopic (exact) mass is 297 g/mol. The molecular weight excluding hydrogens is 278 g/mol. The molecule has 5 nitrogen and oxygen atoms in total. The van der Waals surface area contributed by atoms with E-state index < -0.39 is 0 Å². The number of nitrogens with two attached hydrogens (primary N) is 1. The van der Waals surface area contributed by atoms with Crippen molar-refractivity contribution in [3.05, 3.63) is 28.8 Å². The molecule has 4 N–H and O–H groups in total. The summed E-state index contributed by atoms with van der Waals surface area (Å²) in [4.78, 5) is 2.02. The fourth-order valence-corrected chi connectivity index (χ4v) is 3.05. The zero-order valence-corrected chi connectivity index (χ0v) is 12.2. The molecule has 6 heteroatoms. The van der Waals surface area contributed by atoms with Crippen molar-refractivity contribution in [2.75, 3.05) is 11.9 Å². The Morgan fingerprint density at radius 1 is 1.40 bits per heavy atom. The molecule has 0 amide bonds. The molecular formula is C14H20ClN3O2. The van der Waals surface area contributed by atoms with E-state index in [9.17, 15) is 5.11 Å². The largest absolute Gasteiger partial charge is 0.409 e. The van der Waals surface area contributed by atoms with E-state index in [1.54, 1.807) is 12.1 Å². The van der Waals surface area contributed by atoms with E-state index in [1.165, 1.54) is 0 Å². The van der Waals surface area contributed by atoms with Gasteiger partial charge in [-0.2, -0.15) is 0 Å². The third-order valence-corrected chi connectivity index (χ3v) is 4.23. The number of rotatable bonds is 3. The van der Waals surface area contributed by atoms with Crippen LogP contribution in [0.25, 0.3) is 0 Å². The molecule has 1 fully saturated rings. The maximum absolute atomic E-state index is 10.1. The first-order valence-corrected chi connectivity index (χ1v) is 7.10. The smallest absolute Gasteiger partial charge is 0.170 e. The minimum Gasteiger partial charge on any atom is -0.409 e. The highest BCUT2D eigenvalue weighted by molar-refractivity contribution is 6.33. The van der Waals surface area contributed by atoms with Crippen LogP contribution in [-0.4, -0.2) is 35.3 Å². The van der Waals surface area contributed by atoms with E-state index in [0.717, 1.165) is 31.4 Å². The second-order valence-electron chi connectivity index (χ2n) is 5.18. The van der Waals surface area contributed by atoms with Gasteiger partial charge in [-0.1, -0.05) is 29.6 Å². The van der Waals surface area contributed by atoms with Crippen LogP contribution < -0.4 is 10.6 Å². The molecule has 2 rings (SSSR count). The predicted octanol–water partition coefficient (Wildman–Crippen LogP) is 2.17. The third kappa shape index (κ3) is 2.99. The second kappa shape index (κ2) is 6.33. The third-order valence-electron chi connectivity index (χ3n) is 3.92. The summed E-state index contributed by atoms with van der Waals surface area (Å²) < 4.78 is 0. The normalized spacial score (nSPS) is 23.6. The van der Waals surface area contributed by atoms with Gasteiger partial charge in [0, 0.05) is 12.6 Å². The number of nitrogens with zero attached hydrogens (tertiary/aromatic N) is 2. The summed E-state index contributed by atoms with van der Waals surface area (Å²) in [5.41, 5.74) is 6.95. The lowest BCUT2D eigenvalue weighted by Gasteiger charge is -2.37. The van der Waals surface area contributed by atoms with Crippen molar-refractivity contribution < 1.29 is 10.3 Å². The number of likely N-dealkylation sites (N-methyl/N-ethyl adjacent to an activating group) is 1. The van der Waals surface area contributed by atoms with Gasteiger partial charge >= 0.3 is 0 Å². The molecule has 0 aliphatic heterocycles. The Kier molecular flexibility index (Phi) is 4.73. The average molecular weight is 298 g/mol. The first-order chi connectivity index (χ1) is 9.54. The van der Waals surface area contributed by atoms with Gasteiger partial charge in [0.25, 0.3) is 0 Å². The maximum Gasteiger partial charge on any atom is 0.170 e. The van der Waals surface area contributed by atoms with Gasteiger partial charge < -0.3 is 20.9 Å². The van der Waals surface area contributed by atoms with Crippen LogP contribution in [0.1, 0.15) is 31.2 Å². The molecule has 0 saturated heterocycles. The van der Waals surface area contributed by atoms with E-state index in [2.05, 4.69) is 5.16 Å². The summed E-state index contributed by atoms with van der Waals surface area (Å²) in [6.45, 7) is 0. The first kappa shape index (κ1) is 14.9. The van der Waals surface area contributed by atoms with E-state index >= 15 is 0 Å². The molecule has 2 unspecified atom stereocenters. The van der Waals surface area contributed by atoms with Gasteiger partial charge in [-0.05, 0) is 31.0 Å². The average Bonchev–Trinajstić information content (AvgIpc) is 2.46. The summed E-state index contributed by atoms with van der Waals surface area (Å²) in [7, 11) is 1.93. The maximum atomic E-state index is 10.1. The molecule has 110 valence electrons. The lowest BCUT2D eigenvalue weighted by Crippen LogP contribution is -2.43. The van der Waals surface area contributed by atoms with Crippen LogP contribution in [-0.2, 0) is 0 Å². The second-order valence-corrected chi connectivity index (χ2v) is 5.59. The summed E-state index contributed by atoms with van der Waals surface area (Å²) in [5, 5.41) is 22.3. The number of aliphatic hydroxyl groups is 1. The minimum atomic E-state index is -0.325. The SMILES string of the molecule is CN(c1ccc(/C(N)=N/O)cc1Cl)C1CCCCC1O. The van der Waals surface area contributed by atoms with Crippen molar-refractivity contribution >= 4 is 23.1 Å². The lowest BCUT2D eigenvalue weighted by atomic mass is 9.91. The van der Waals surface area contributed by atoms with Gasteiger partial charge in [-0.15, -0.1) is 0 Å². The van der Waals surface area contributed by atoms with Crippen LogP contribution in [0.2, 0.25) is 5.02 Å². The molecule has 0 spiro atoms. The van der Waals surface area contributed by atoms with Crippen LogP contribution in [0.15, 0.2) is 23.4 Å². The number of anilines is 1. The Morgan fingerprint density at radius 2 is 2.10 bits per heavy atom. The Bertz CT molecular complexity index is 507. The zero-order valence-electron chi connectivity index (χ0n) is 11.5. The molecule has 2 atom stereocenters. The molecule has 0 aromatic heterocycles.